The lowest BCUT2D eigenvalue weighted by Crippen LogP contribution is -2.29. The molecule has 1 heterocycles. The second-order valence-corrected chi connectivity index (χ2v) is 9.16. The molecule has 180 valence electrons. The molecule has 0 fully saturated rings. The number of carbonyl (C=O) groups excluding carboxylic acids is 2. The van der Waals surface area contributed by atoms with Gasteiger partial charge in [0.15, 0.2) is 0 Å². The van der Waals surface area contributed by atoms with Gasteiger partial charge in [-0.2, -0.15) is 5.26 Å². The van der Waals surface area contributed by atoms with Gasteiger partial charge in [0.2, 0.25) is 5.91 Å². The van der Waals surface area contributed by atoms with Crippen LogP contribution in [0.5, 0.6) is 0 Å². The zero-order chi connectivity index (χ0) is 25.4. The number of hydrogen-bond donors (Lipinski definition) is 2. The summed E-state index contributed by atoms with van der Waals surface area (Å²) in [7, 11) is 0. The number of para-hydroxylation sites is 1. The van der Waals surface area contributed by atoms with E-state index >= 15 is 0 Å². The third-order valence-electron chi connectivity index (χ3n) is 5.42. The average molecular weight is 508 g/mol. The number of amides is 1. The number of dihydropyridines is 1. The van der Waals surface area contributed by atoms with Crippen LogP contribution in [0.4, 0.5) is 5.69 Å². The van der Waals surface area contributed by atoms with Crippen LogP contribution >= 0.6 is 23.4 Å². The van der Waals surface area contributed by atoms with Crippen molar-refractivity contribution in [3.05, 3.63) is 99.2 Å². The minimum Gasteiger partial charge on any atom is -0.458 e. The zero-order valence-corrected chi connectivity index (χ0v) is 21.1. The highest BCUT2D eigenvalue weighted by molar-refractivity contribution is 8.03. The second-order valence-electron chi connectivity index (χ2n) is 7.74. The third kappa shape index (κ3) is 6.36. The van der Waals surface area contributed by atoms with E-state index in [0.29, 0.717) is 26.9 Å². The van der Waals surface area contributed by atoms with E-state index in [1.807, 2.05) is 31.2 Å². The zero-order valence-electron chi connectivity index (χ0n) is 19.6. The van der Waals surface area contributed by atoms with Gasteiger partial charge in [-0.3, -0.25) is 4.79 Å². The van der Waals surface area contributed by atoms with E-state index in [1.54, 1.807) is 31.2 Å². The molecule has 1 aliphatic heterocycles. The summed E-state index contributed by atoms with van der Waals surface area (Å²) in [5.41, 5.74) is 3.75. The monoisotopic (exact) mass is 507 g/mol. The molecule has 1 aliphatic rings. The van der Waals surface area contributed by atoms with Gasteiger partial charge in [-0.25, -0.2) is 4.79 Å². The van der Waals surface area contributed by atoms with Gasteiger partial charge in [0.1, 0.15) is 6.61 Å². The number of nitriles is 1. The lowest BCUT2D eigenvalue weighted by Gasteiger charge is -2.29. The average Bonchev–Trinajstić information content (AvgIpc) is 2.86. The molecule has 0 saturated carbocycles. The predicted molar refractivity (Wildman–Crippen MR) is 141 cm³/mol. The number of aryl methyl sites for hydroxylation is 1. The van der Waals surface area contributed by atoms with Crippen LogP contribution in [0.2, 0.25) is 5.02 Å². The van der Waals surface area contributed by atoms with E-state index in [9.17, 15) is 14.9 Å². The summed E-state index contributed by atoms with van der Waals surface area (Å²) in [6.07, 6.45) is 2.28. The Bertz CT molecular complexity index is 1230. The summed E-state index contributed by atoms with van der Waals surface area (Å²) in [4.78, 5) is 25.6. The number of nitrogens with one attached hydrogen (secondary N) is 2. The number of esters is 1. The molecule has 0 unspecified atom stereocenters. The van der Waals surface area contributed by atoms with E-state index in [4.69, 9.17) is 16.3 Å². The van der Waals surface area contributed by atoms with Crippen LogP contribution in [0.1, 0.15) is 30.9 Å². The normalized spacial score (nSPS) is 15.2. The third-order valence-corrected chi connectivity index (χ3v) is 6.69. The molecule has 1 amide bonds. The summed E-state index contributed by atoms with van der Waals surface area (Å²) in [5.74, 6) is -1.31. The van der Waals surface area contributed by atoms with E-state index in [0.717, 1.165) is 23.2 Å². The maximum Gasteiger partial charge on any atom is 0.337 e. The van der Waals surface area contributed by atoms with Gasteiger partial charge in [-0.15, -0.1) is 0 Å². The van der Waals surface area contributed by atoms with E-state index in [2.05, 4.69) is 23.3 Å². The van der Waals surface area contributed by atoms with Crippen LogP contribution in [0.25, 0.3) is 0 Å². The van der Waals surface area contributed by atoms with Crippen LogP contribution in [-0.2, 0) is 20.7 Å². The molecule has 0 radical (unpaired) electrons. The van der Waals surface area contributed by atoms with Crippen molar-refractivity contribution >= 4 is 40.9 Å². The molecule has 0 aliphatic carbocycles. The minimum atomic E-state index is -0.665. The predicted octanol–water partition coefficient (Wildman–Crippen LogP) is 5.70. The number of carbonyl (C=O) groups is 2. The number of rotatable bonds is 9. The van der Waals surface area contributed by atoms with Crippen molar-refractivity contribution < 1.29 is 14.3 Å². The van der Waals surface area contributed by atoms with Gasteiger partial charge >= 0.3 is 5.97 Å². The molecule has 0 aromatic heterocycles. The van der Waals surface area contributed by atoms with Crippen molar-refractivity contribution in [2.75, 3.05) is 17.7 Å². The Morgan fingerprint density at radius 1 is 1.26 bits per heavy atom. The van der Waals surface area contributed by atoms with Crippen molar-refractivity contribution in [1.29, 1.82) is 5.26 Å². The van der Waals surface area contributed by atoms with Crippen LogP contribution in [0, 0.1) is 11.3 Å². The Morgan fingerprint density at radius 2 is 1.97 bits per heavy atom. The Hall–Kier alpha value is -3.47. The van der Waals surface area contributed by atoms with E-state index < -0.39 is 11.9 Å². The van der Waals surface area contributed by atoms with Crippen molar-refractivity contribution in [3.8, 4) is 6.07 Å². The Morgan fingerprint density at radius 3 is 2.63 bits per heavy atom. The highest BCUT2D eigenvalue weighted by atomic mass is 35.5. The quantitative estimate of drug-likeness (QED) is 0.334. The first kappa shape index (κ1) is 26.1. The van der Waals surface area contributed by atoms with Gasteiger partial charge in [0.05, 0.1) is 33.9 Å². The van der Waals surface area contributed by atoms with E-state index in [-0.39, 0.29) is 18.3 Å². The number of nitrogens with zero attached hydrogens (tertiary/aromatic N) is 1. The molecule has 0 saturated heterocycles. The second kappa shape index (κ2) is 12.3. The fourth-order valence-corrected chi connectivity index (χ4v) is 4.79. The molecule has 1 atom stereocenters. The minimum absolute atomic E-state index is 0.0512. The van der Waals surface area contributed by atoms with Crippen LogP contribution in [-0.4, -0.2) is 24.2 Å². The van der Waals surface area contributed by atoms with Crippen LogP contribution in [0.15, 0.2) is 83.1 Å². The molecule has 3 rings (SSSR count). The SMILES string of the molecule is C=CCOC(=O)C1=C(C)NC(SCC(=O)Nc2ccccc2CC)=C(C#N)[C@@H]1c1ccc(Cl)cc1. The van der Waals surface area contributed by atoms with E-state index in [1.165, 1.54) is 17.8 Å². The topological polar surface area (TPSA) is 91.2 Å². The van der Waals surface area contributed by atoms with Crippen molar-refractivity contribution in [1.82, 2.24) is 5.32 Å². The van der Waals surface area contributed by atoms with Gasteiger partial charge in [-0.05, 0) is 42.7 Å². The largest absolute Gasteiger partial charge is 0.458 e. The lowest BCUT2D eigenvalue weighted by molar-refractivity contribution is -0.138. The van der Waals surface area contributed by atoms with Crippen molar-refractivity contribution in [2.45, 2.75) is 26.2 Å². The summed E-state index contributed by atoms with van der Waals surface area (Å²) in [5, 5.41) is 17.2. The molecule has 8 heteroatoms. The first-order valence-corrected chi connectivity index (χ1v) is 12.4. The van der Waals surface area contributed by atoms with Crippen LogP contribution in [0.3, 0.4) is 0 Å². The fraction of sp³-hybridized carbons (Fsp3) is 0.222. The molecule has 0 spiro atoms. The molecule has 0 bridgehead atoms. The van der Waals surface area contributed by atoms with Crippen LogP contribution < -0.4 is 10.6 Å². The molecule has 2 N–H and O–H groups in total. The number of anilines is 1. The van der Waals surface area contributed by atoms with Gasteiger partial charge in [0.25, 0.3) is 0 Å². The number of allylic oxidation sites excluding steroid dienone is 2. The highest BCUT2D eigenvalue weighted by Gasteiger charge is 2.35. The summed E-state index contributed by atoms with van der Waals surface area (Å²) in [6, 6.07) is 16.9. The molecule has 2 aromatic carbocycles. The molecule has 35 heavy (non-hydrogen) atoms. The highest BCUT2D eigenvalue weighted by Crippen LogP contribution is 2.41. The Balaban J connectivity index is 1.89. The number of halogens is 1. The van der Waals surface area contributed by atoms with Gasteiger partial charge in [0, 0.05) is 16.4 Å². The maximum atomic E-state index is 12.9. The molecular weight excluding hydrogens is 482 g/mol. The van der Waals surface area contributed by atoms with Crippen molar-refractivity contribution in [2.24, 2.45) is 0 Å². The lowest BCUT2D eigenvalue weighted by atomic mass is 9.82. The summed E-state index contributed by atoms with van der Waals surface area (Å²) < 4.78 is 5.31. The first-order valence-electron chi connectivity index (χ1n) is 11.1. The number of thioether (sulfide) groups is 1. The number of benzene rings is 2. The first-order chi connectivity index (χ1) is 16.9. The van der Waals surface area contributed by atoms with Gasteiger partial charge in [-0.1, -0.05) is 73.3 Å². The standard InChI is InChI=1S/C27H26ClN3O3S/c1-4-14-34-27(33)24-17(3)30-26(21(15-29)25(24)19-10-12-20(28)13-11-19)35-16-23(32)31-22-9-7-6-8-18(22)5-2/h4,6-13,25,30H,1,5,14,16H2,2-3H3,(H,31,32)/t25-/m0/s1. The number of hydrogen-bond acceptors (Lipinski definition) is 6. The Kier molecular flexibility index (Phi) is 9.18. The molecular formula is C27H26ClN3O3S. The summed E-state index contributed by atoms with van der Waals surface area (Å²) in [6.45, 7) is 7.41. The molecule has 6 nitrogen and oxygen atoms in total. The maximum absolute atomic E-state index is 12.9. The number of ether oxygens (including phenoxy) is 1. The smallest absolute Gasteiger partial charge is 0.337 e. The Labute approximate surface area is 214 Å². The summed E-state index contributed by atoms with van der Waals surface area (Å²) >= 11 is 7.28. The van der Waals surface area contributed by atoms with Gasteiger partial charge < -0.3 is 15.4 Å². The fourth-order valence-electron chi connectivity index (χ4n) is 3.77. The van der Waals surface area contributed by atoms with Crippen molar-refractivity contribution in [3.63, 3.8) is 0 Å². The molecule has 2 aromatic rings.